The Labute approximate surface area is 107 Å². The summed E-state index contributed by atoms with van der Waals surface area (Å²) in [7, 11) is 0. The minimum Gasteiger partial charge on any atom is -0.467 e. The Bertz CT molecular complexity index is 482. The summed E-state index contributed by atoms with van der Waals surface area (Å²) < 4.78 is 5.26. The molecule has 0 fully saturated rings. The van der Waals surface area contributed by atoms with Crippen LogP contribution in [0, 0.1) is 6.92 Å². The summed E-state index contributed by atoms with van der Waals surface area (Å²) >= 11 is 0. The van der Waals surface area contributed by atoms with Gasteiger partial charge in [-0.25, -0.2) is 9.97 Å². The van der Waals surface area contributed by atoms with Crippen LogP contribution in [0.4, 0.5) is 11.6 Å². The van der Waals surface area contributed by atoms with E-state index in [0.29, 0.717) is 6.54 Å². The third-order valence-corrected chi connectivity index (χ3v) is 2.42. The maximum absolute atomic E-state index is 5.26. The molecule has 0 aromatic carbocycles. The molecule has 5 nitrogen and oxygen atoms in total. The van der Waals surface area contributed by atoms with E-state index in [2.05, 4.69) is 27.5 Å². The van der Waals surface area contributed by atoms with Gasteiger partial charge >= 0.3 is 0 Å². The molecule has 0 radical (unpaired) electrons. The van der Waals surface area contributed by atoms with Crippen LogP contribution in [0.2, 0.25) is 0 Å². The lowest BCUT2D eigenvalue weighted by Crippen LogP contribution is -2.07. The molecule has 0 unspecified atom stereocenters. The van der Waals surface area contributed by atoms with Crippen LogP contribution in [0.1, 0.15) is 24.9 Å². The third-order valence-electron chi connectivity index (χ3n) is 2.42. The van der Waals surface area contributed by atoms with Crippen molar-refractivity contribution in [2.24, 2.45) is 0 Å². The molecule has 2 heterocycles. The monoisotopic (exact) mass is 246 g/mol. The van der Waals surface area contributed by atoms with Crippen LogP contribution in [-0.4, -0.2) is 16.5 Å². The third kappa shape index (κ3) is 3.48. The maximum Gasteiger partial charge on any atom is 0.132 e. The molecule has 2 rings (SSSR count). The second-order valence-corrected chi connectivity index (χ2v) is 4.05. The Kier molecular flexibility index (Phi) is 4.17. The highest BCUT2D eigenvalue weighted by molar-refractivity contribution is 5.47. The molecule has 2 aromatic heterocycles. The van der Waals surface area contributed by atoms with Gasteiger partial charge in [0, 0.05) is 12.6 Å². The molecule has 0 amide bonds. The molecule has 2 aromatic rings. The van der Waals surface area contributed by atoms with E-state index >= 15 is 0 Å². The fourth-order valence-electron chi connectivity index (χ4n) is 1.59. The van der Waals surface area contributed by atoms with Gasteiger partial charge in [0.25, 0.3) is 0 Å². The molecule has 96 valence electrons. The molecule has 0 bridgehead atoms. The number of nitrogens with one attached hydrogen (secondary N) is 2. The smallest absolute Gasteiger partial charge is 0.132 e. The standard InChI is InChI=1S/C13H18N4O/c1-3-6-14-12-8-13(17-10(2)16-12)15-9-11-5-4-7-18-11/h4-5,7-8H,3,6,9H2,1-2H3,(H2,14,15,16,17). The van der Waals surface area contributed by atoms with E-state index in [4.69, 9.17) is 4.42 Å². The average Bonchev–Trinajstić information content (AvgIpc) is 2.86. The van der Waals surface area contributed by atoms with Crippen molar-refractivity contribution in [1.29, 1.82) is 0 Å². The van der Waals surface area contributed by atoms with Crippen LogP contribution in [0.15, 0.2) is 28.9 Å². The average molecular weight is 246 g/mol. The first-order valence-electron chi connectivity index (χ1n) is 6.13. The van der Waals surface area contributed by atoms with E-state index in [0.717, 1.165) is 36.2 Å². The summed E-state index contributed by atoms with van der Waals surface area (Å²) in [5, 5.41) is 6.47. The van der Waals surface area contributed by atoms with Gasteiger partial charge in [-0.2, -0.15) is 0 Å². The summed E-state index contributed by atoms with van der Waals surface area (Å²) in [6, 6.07) is 5.71. The highest BCUT2D eigenvalue weighted by atomic mass is 16.3. The normalized spacial score (nSPS) is 10.3. The van der Waals surface area contributed by atoms with Crippen LogP contribution < -0.4 is 10.6 Å². The van der Waals surface area contributed by atoms with Crippen LogP contribution in [0.25, 0.3) is 0 Å². The SMILES string of the molecule is CCCNc1cc(NCc2ccco2)nc(C)n1. The van der Waals surface area contributed by atoms with Crippen LogP contribution >= 0.6 is 0 Å². The van der Waals surface area contributed by atoms with E-state index in [1.54, 1.807) is 6.26 Å². The molecule has 0 spiro atoms. The van der Waals surface area contributed by atoms with Gasteiger partial charge in [0.15, 0.2) is 0 Å². The van der Waals surface area contributed by atoms with Crippen LogP contribution in [-0.2, 0) is 6.54 Å². The summed E-state index contributed by atoms with van der Waals surface area (Å²) in [5.41, 5.74) is 0. The van der Waals surface area contributed by atoms with E-state index < -0.39 is 0 Å². The topological polar surface area (TPSA) is 63.0 Å². The van der Waals surface area contributed by atoms with Crippen molar-refractivity contribution in [2.75, 3.05) is 17.2 Å². The zero-order valence-corrected chi connectivity index (χ0v) is 10.7. The molecule has 5 heteroatoms. The Morgan fingerprint density at radius 3 is 2.67 bits per heavy atom. The second-order valence-electron chi connectivity index (χ2n) is 4.05. The molecule has 0 aliphatic carbocycles. The van der Waals surface area contributed by atoms with Gasteiger partial charge in [-0.15, -0.1) is 0 Å². The molecule has 18 heavy (non-hydrogen) atoms. The highest BCUT2D eigenvalue weighted by Gasteiger charge is 2.02. The van der Waals surface area contributed by atoms with Crippen LogP contribution in [0.3, 0.4) is 0 Å². The molecular weight excluding hydrogens is 228 g/mol. The fourth-order valence-corrected chi connectivity index (χ4v) is 1.59. The minimum absolute atomic E-state index is 0.622. The lowest BCUT2D eigenvalue weighted by molar-refractivity contribution is 0.518. The zero-order valence-electron chi connectivity index (χ0n) is 10.7. The van der Waals surface area contributed by atoms with Gasteiger partial charge in [0.1, 0.15) is 23.2 Å². The molecule has 2 N–H and O–H groups in total. The Hall–Kier alpha value is -2.04. The summed E-state index contributed by atoms with van der Waals surface area (Å²) in [6.07, 6.45) is 2.73. The number of furan rings is 1. The van der Waals surface area contributed by atoms with Crippen molar-refractivity contribution in [3.05, 3.63) is 36.0 Å². The number of aromatic nitrogens is 2. The van der Waals surface area contributed by atoms with Crippen molar-refractivity contribution in [3.8, 4) is 0 Å². The van der Waals surface area contributed by atoms with Gasteiger partial charge in [0.2, 0.25) is 0 Å². The van der Waals surface area contributed by atoms with Gasteiger partial charge in [-0.1, -0.05) is 6.92 Å². The molecule has 0 aliphatic rings. The lowest BCUT2D eigenvalue weighted by Gasteiger charge is -2.08. The first-order valence-corrected chi connectivity index (χ1v) is 6.13. The van der Waals surface area contributed by atoms with Crippen molar-refractivity contribution < 1.29 is 4.42 Å². The van der Waals surface area contributed by atoms with Gasteiger partial charge < -0.3 is 15.1 Å². The molecule has 0 saturated carbocycles. The number of anilines is 2. The van der Waals surface area contributed by atoms with Crippen molar-refractivity contribution in [1.82, 2.24) is 9.97 Å². The summed E-state index contributed by atoms with van der Waals surface area (Å²) in [5.74, 6) is 3.29. The van der Waals surface area contributed by atoms with Crippen molar-refractivity contribution in [2.45, 2.75) is 26.8 Å². The Morgan fingerprint density at radius 1 is 1.22 bits per heavy atom. The molecule has 0 saturated heterocycles. The van der Waals surface area contributed by atoms with Gasteiger partial charge in [0.05, 0.1) is 12.8 Å². The van der Waals surface area contributed by atoms with Crippen LogP contribution in [0.5, 0.6) is 0 Å². The fraction of sp³-hybridized carbons (Fsp3) is 0.385. The predicted molar refractivity (Wildman–Crippen MR) is 71.6 cm³/mol. The summed E-state index contributed by atoms with van der Waals surface area (Å²) in [4.78, 5) is 8.67. The Balaban J connectivity index is 2.00. The second kappa shape index (κ2) is 6.05. The molecular formula is C13H18N4O. The first-order chi connectivity index (χ1) is 8.78. The first kappa shape index (κ1) is 12.4. The van der Waals surface area contributed by atoms with E-state index in [-0.39, 0.29) is 0 Å². The lowest BCUT2D eigenvalue weighted by atomic mass is 10.4. The number of hydrogen-bond acceptors (Lipinski definition) is 5. The minimum atomic E-state index is 0.622. The van der Waals surface area contributed by atoms with Crippen molar-refractivity contribution >= 4 is 11.6 Å². The zero-order chi connectivity index (χ0) is 12.8. The van der Waals surface area contributed by atoms with Crippen molar-refractivity contribution in [3.63, 3.8) is 0 Å². The number of hydrogen-bond donors (Lipinski definition) is 2. The van der Waals surface area contributed by atoms with Gasteiger partial charge in [-0.3, -0.25) is 0 Å². The predicted octanol–water partition coefficient (Wildman–Crippen LogP) is 2.81. The quantitative estimate of drug-likeness (QED) is 0.820. The number of aryl methyl sites for hydroxylation is 1. The van der Waals surface area contributed by atoms with E-state index in [9.17, 15) is 0 Å². The number of rotatable bonds is 6. The summed E-state index contributed by atoms with van der Waals surface area (Å²) in [6.45, 7) is 5.54. The molecule has 0 aliphatic heterocycles. The Morgan fingerprint density at radius 2 is 2.00 bits per heavy atom. The van der Waals surface area contributed by atoms with E-state index in [1.165, 1.54) is 0 Å². The number of nitrogens with zero attached hydrogens (tertiary/aromatic N) is 2. The highest BCUT2D eigenvalue weighted by Crippen LogP contribution is 2.12. The van der Waals surface area contributed by atoms with Gasteiger partial charge in [-0.05, 0) is 25.5 Å². The van der Waals surface area contributed by atoms with E-state index in [1.807, 2.05) is 25.1 Å². The largest absolute Gasteiger partial charge is 0.467 e. The molecule has 0 atom stereocenters. The maximum atomic E-state index is 5.26.